The van der Waals surface area contributed by atoms with Crippen molar-refractivity contribution in [3.8, 4) is 0 Å². The van der Waals surface area contributed by atoms with Crippen molar-refractivity contribution < 1.29 is 4.79 Å². The fraction of sp³-hybridized carbons (Fsp3) is 0.0833. The first-order chi connectivity index (χ1) is 8.29. The van der Waals surface area contributed by atoms with Gasteiger partial charge in [-0.15, -0.1) is 23.1 Å². The predicted molar refractivity (Wildman–Crippen MR) is 72.0 cm³/mol. The molecule has 0 bridgehead atoms. The highest BCUT2D eigenvalue weighted by Crippen LogP contribution is 2.26. The maximum absolute atomic E-state index is 11.3. The topological polar surface area (TPSA) is 55.1 Å². The van der Waals surface area contributed by atoms with Crippen LogP contribution in [0, 0.1) is 0 Å². The Morgan fingerprint density at radius 2 is 2.00 bits per heavy atom. The lowest BCUT2D eigenvalue weighted by Crippen LogP contribution is -2.29. The molecule has 1 amide bonds. The fourth-order valence-corrected chi connectivity index (χ4v) is 3.19. The number of nitrogen functional groups attached to an aromatic ring is 1. The number of benzene rings is 1. The van der Waals surface area contributed by atoms with Crippen LogP contribution in [0.5, 0.6) is 0 Å². The van der Waals surface area contributed by atoms with Crippen LogP contribution in [-0.2, 0) is 5.75 Å². The van der Waals surface area contributed by atoms with Crippen LogP contribution in [0.2, 0.25) is 0 Å². The molecule has 5 heteroatoms. The zero-order valence-corrected chi connectivity index (χ0v) is 10.7. The minimum absolute atomic E-state index is 0.231. The zero-order chi connectivity index (χ0) is 12.1. The molecule has 88 valence electrons. The lowest BCUT2D eigenvalue weighted by molar-refractivity contribution is 0.0957. The van der Waals surface area contributed by atoms with Gasteiger partial charge in [-0.05, 0) is 24.3 Å². The van der Waals surface area contributed by atoms with Gasteiger partial charge in [0, 0.05) is 15.5 Å². The van der Waals surface area contributed by atoms with Gasteiger partial charge in [-0.3, -0.25) is 10.2 Å². The van der Waals surface area contributed by atoms with Gasteiger partial charge in [-0.2, -0.15) is 0 Å². The third kappa shape index (κ3) is 3.33. The molecule has 0 fully saturated rings. The minimum atomic E-state index is -0.231. The van der Waals surface area contributed by atoms with Gasteiger partial charge in [0.1, 0.15) is 0 Å². The van der Waals surface area contributed by atoms with Gasteiger partial charge in [-0.25, -0.2) is 5.84 Å². The highest BCUT2D eigenvalue weighted by molar-refractivity contribution is 7.98. The van der Waals surface area contributed by atoms with Crippen LogP contribution in [0.25, 0.3) is 0 Å². The quantitative estimate of drug-likeness (QED) is 0.386. The first kappa shape index (κ1) is 12.2. The van der Waals surface area contributed by atoms with Crippen molar-refractivity contribution in [3.63, 3.8) is 0 Å². The van der Waals surface area contributed by atoms with Crippen LogP contribution < -0.4 is 11.3 Å². The molecule has 1 aromatic carbocycles. The Morgan fingerprint density at radius 1 is 1.24 bits per heavy atom. The van der Waals surface area contributed by atoms with Crippen molar-refractivity contribution in [1.82, 2.24) is 5.43 Å². The van der Waals surface area contributed by atoms with E-state index in [0.29, 0.717) is 4.88 Å². The fourth-order valence-electron chi connectivity index (χ4n) is 1.32. The molecule has 3 N–H and O–H groups in total. The third-order valence-electron chi connectivity index (χ3n) is 2.14. The summed E-state index contributed by atoms with van der Waals surface area (Å²) < 4.78 is 0. The second kappa shape index (κ2) is 5.86. The summed E-state index contributed by atoms with van der Waals surface area (Å²) in [7, 11) is 0. The largest absolute Gasteiger partial charge is 0.289 e. The summed E-state index contributed by atoms with van der Waals surface area (Å²) in [5.74, 6) is 5.72. The number of rotatable bonds is 4. The Labute approximate surface area is 108 Å². The predicted octanol–water partition coefficient (Wildman–Crippen LogP) is 2.64. The van der Waals surface area contributed by atoms with Crippen LogP contribution in [0.1, 0.15) is 14.5 Å². The third-order valence-corrected chi connectivity index (χ3v) is 4.47. The van der Waals surface area contributed by atoms with Crippen LogP contribution in [0.4, 0.5) is 0 Å². The van der Waals surface area contributed by atoms with E-state index in [2.05, 4.69) is 17.6 Å². The van der Waals surface area contributed by atoms with Crippen LogP contribution in [0.15, 0.2) is 47.4 Å². The lowest BCUT2D eigenvalue weighted by atomic mass is 10.4. The van der Waals surface area contributed by atoms with E-state index >= 15 is 0 Å². The molecule has 2 aromatic rings. The number of hydrogen-bond acceptors (Lipinski definition) is 4. The molecular formula is C12H12N2OS2. The second-order valence-electron chi connectivity index (χ2n) is 3.34. The summed E-state index contributed by atoms with van der Waals surface area (Å²) in [5, 5.41) is 0. The van der Waals surface area contributed by atoms with E-state index in [1.165, 1.54) is 16.2 Å². The van der Waals surface area contributed by atoms with E-state index in [0.717, 1.165) is 10.6 Å². The first-order valence-corrected chi connectivity index (χ1v) is 6.87. The normalized spacial score (nSPS) is 10.2. The van der Waals surface area contributed by atoms with Gasteiger partial charge in [-0.1, -0.05) is 18.2 Å². The molecule has 3 nitrogen and oxygen atoms in total. The Hall–Kier alpha value is -1.30. The highest BCUT2D eigenvalue weighted by atomic mass is 32.2. The summed E-state index contributed by atoms with van der Waals surface area (Å²) in [6.45, 7) is 0. The Kier molecular flexibility index (Phi) is 4.19. The first-order valence-electron chi connectivity index (χ1n) is 5.07. The second-order valence-corrected chi connectivity index (χ2v) is 5.56. The molecular weight excluding hydrogens is 252 g/mol. The van der Waals surface area contributed by atoms with E-state index in [-0.39, 0.29) is 5.91 Å². The monoisotopic (exact) mass is 264 g/mol. The molecule has 17 heavy (non-hydrogen) atoms. The molecule has 1 aromatic heterocycles. The summed E-state index contributed by atoms with van der Waals surface area (Å²) >= 11 is 3.23. The van der Waals surface area contributed by atoms with Crippen molar-refractivity contribution in [2.24, 2.45) is 5.84 Å². The number of amides is 1. The summed E-state index contributed by atoms with van der Waals surface area (Å²) in [6.07, 6.45) is 0. The molecule has 0 saturated carbocycles. The number of thiophene rings is 1. The molecule has 0 radical (unpaired) electrons. The molecule has 0 aliphatic rings. The van der Waals surface area contributed by atoms with E-state index in [9.17, 15) is 4.79 Å². The maximum Gasteiger partial charge on any atom is 0.275 e. The molecule has 1 heterocycles. The van der Waals surface area contributed by atoms with Crippen molar-refractivity contribution in [1.29, 1.82) is 0 Å². The lowest BCUT2D eigenvalue weighted by Gasteiger charge is -1.98. The molecule has 0 spiro atoms. The SMILES string of the molecule is NNC(=O)c1ccc(CSc2ccccc2)s1. The Bertz CT molecular complexity index is 496. The van der Waals surface area contributed by atoms with E-state index in [4.69, 9.17) is 5.84 Å². The molecule has 0 aliphatic carbocycles. The van der Waals surface area contributed by atoms with E-state index < -0.39 is 0 Å². The Balaban J connectivity index is 1.96. The summed E-state index contributed by atoms with van der Waals surface area (Å²) in [4.78, 5) is 14.3. The van der Waals surface area contributed by atoms with Crippen molar-refractivity contribution >= 4 is 29.0 Å². The molecule has 0 aliphatic heterocycles. The van der Waals surface area contributed by atoms with Crippen molar-refractivity contribution in [2.45, 2.75) is 10.6 Å². The Morgan fingerprint density at radius 3 is 2.71 bits per heavy atom. The molecule has 2 rings (SSSR count). The van der Waals surface area contributed by atoms with Gasteiger partial charge < -0.3 is 0 Å². The van der Waals surface area contributed by atoms with Crippen LogP contribution in [-0.4, -0.2) is 5.91 Å². The van der Waals surface area contributed by atoms with Crippen LogP contribution in [0.3, 0.4) is 0 Å². The number of hydrogen-bond donors (Lipinski definition) is 2. The standard InChI is InChI=1S/C12H12N2OS2/c13-14-12(15)11-7-6-10(17-11)8-16-9-4-2-1-3-5-9/h1-7H,8,13H2,(H,14,15). The zero-order valence-electron chi connectivity index (χ0n) is 9.05. The van der Waals surface area contributed by atoms with Gasteiger partial charge >= 0.3 is 0 Å². The highest BCUT2D eigenvalue weighted by Gasteiger charge is 2.07. The van der Waals surface area contributed by atoms with Crippen molar-refractivity contribution in [2.75, 3.05) is 0 Å². The number of carbonyl (C=O) groups excluding carboxylic acids is 1. The summed E-state index contributed by atoms with van der Waals surface area (Å²) in [6, 6.07) is 13.9. The smallest absolute Gasteiger partial charge is 0.275 e. The molecule has 0 atom stereocenters. The molecule has 0 unspecified atom stereocenters. The van der Waals surface area contributed by atoms with Crippen molar-refractivity contribution in [3.05, 3.63) is 52.2 Å². The van der Waals surface area contributed by atoms with Gasteiger partial charge in [0.05, 0.1) is 4.88 Å². The van der Waals surface area contributed by atoms with Gasteiger partial charge in [0.15, 0.2) is 0 Å². The maximum atomic E-state index is 11.3. The summed E-state index contributed by atoms with van der Waals surface area (Å²) in [5.41, 5.74) is 2.13. The van der Waals surface area contributed by atoms with Gasteiger partial charge in [0.25, 0.3) is 5.91 Å². The minimum Gasteiger partial charge on any atom is -0.289 e. The number of nitrogens with one attached hydrogen (secondary N) is 1. The number of hydrazine groups is 1. The molecule has 0 saturated heterocycles. The average molecular weight is 264 g/mol. The van der Waals surface area contributed by atoms with Gasteiger partial charge in [0.2, 0.25) is 0 Å². The van der Waals surface area contributed by atoms with Crippen LogP contribution >= 0.6 is 23.1 Å². The van der Waals surface area contributed by atoms with E-state index in [1.807, 2.05) is 24.3 Å². The number of thioether (sulfide) groups is 1. The van der Waals surface area contributed by atoms with E-state index in [1.54, 1.807) is 17.8 Å². The number of nitrogens with two attached hydrogens (primary N) is 1. The average Bonchev–Trinajstić information content (AvgIpc) is 2.85. The number of carbonyl (C=O) groups is 1.